The van der Waals surface area contributed by atoms with E-state index in [1.165, 1.54) is 50.5 Å². The number of carbonyl (C=O) groups is 1. The number of amides is 1. The quantitative estimate of drug-likeness (QED) is 0.268. The Labute approximate surface area is 198 Å². The van der Waals surface area contributed by atoms with E-state index in [0.29, 0.717) is 29.7 Å². The Bertz CT molecular complexity index is 813. The van der Waals surface area contributed by atoms with Crippen LogP contribution >= 0.6 is 11.6 Å². The number of benzene rings is 1. The van der Waals surface area contributed by atoms with E-state index in [1.54, 1.807) is 18.2 Å². The maximum atomic E-state index is 12.0. The number of halogens is 1. The minimum atomic E-state index is -0.156. The van der Waals surface area contributed by atoms with Crippen LogP contribution in [0.3, 0.4) is 0 Å². The van der Waals surface area contributed by atoms with Crippen molar-refractivity contribution < 1.29 is 18.8 Å². The molecule has 1 amide bonds. The molecule has 0 spiro atoms. The van der Waals surface area contributed by atoms with Crippen LogP contribution in [0.4, 0.5) is 0 Å². The van der Waals surface area contributed by atoms with E-state index >= 15 is 0 Å². The summed E-state index contributed by atoms with van der Waals surface area (Å²) in [4.78, 5) is 12.0. The fourth-order valence-corrected chi connectivity index (χ4v) is 3.68. The Balaban J connectivity index is 1.59. The number of hydrogen-bond donors (Lipinski definition) is 1. The van der Waals surface area contributed by atoms with E-state index in [-0.39, 0.29) is 12.5 Å². The fraction of sp³-hybridized carbons (Fsp3) is 0.538. The van der Waals surface area contributed by atoms with Gasteiger partial charge < -0.3 is 14.8 Å². The largest absolute Gasteiger partial charge is 0.492 e. The zero-order chi connectivity index (χ0) is 23.0. The predicted octanol–water partition coefficient (Wildman–Crippen LogP) is 5.42. The normalized spacial score (nSPS) is 10.7. The number of aryl methyl sites for hydroxylation is 1. The molecule has 1 N–H and O–H groups in total. The van der Waals surface area contributed by atoms with Crippen molar-refractivity contribution in [1.82, 2.24) is 5.32 Å². The van der Waals surface area contributed by atoms with Gasteiger partial charge in [0.1, 0.15) is 18.5 Å². The van der Waals surface area contributed by atoms with Crippen LogP contribution in [0.15, 0.2) is 42.7 Å². The third-order valence-corrected chi connectivity index (χ3v) is 5.56. The van der Waals surface area contributed by atoms with Gasteiger partial charge in [0, 0.05) is 24.2 Å². The van der Waals surface area contributed by atoms with Crippen molar-refractivity contribution in [3.63, 3.8) is 0 Å². The summed E-state index contributed by atoms with van der Waals surface area (Å²) in [5.74, 6) is 1.05. The van der Waals surface area contributed by atoms with Crippen molar-refractivity contribution >= 4 is 17.5 Å². The van der Waals surface area contributed by atoms with Crippen LogP contribution in [-0.2, 0) is 18.3 Å². The predicted molar refractivity (Wildman–Crippen MR) is 129 cm³/mol. The van der Waals surface area contributed by atoms with E-state index in [2.05, 4.69) is 12.2 Å². The Hall–Kier alpha value is -2.27. The number of ether oxygens (including phenoxy) is 2. The van der Waals surface area contributed by atoms with Crippen LogP contribution in [-0.4, -0.2) is 25.7 Å². The van der Waals surface area contributed by atoms with Gasteiger partial charge >= 0.3 is 0 Å². The Morgan fingerprint density at radius 2 is 1.78 bits per heavy atom. The summed E-state index contributed by atoms with van der Waals surface area (Å²) in [6, 6.07) is 9.32. The summed E-state index contributed by atoms with van der Waals surface area (Å²) >= 11 is 6.31. The molecule has 0 bridgehead atoms. The molecule has 1 heterocycles. The lowest BCUT2D eigenvalue weighted by atomic mass is 10.1. The van der Waals surface area contributed by atoms with Crippen LogP contribution in [0.25, 0.3) is 0 Å². The molecule has 0 aliphatic rings. The Morgan fingerprint density at radius 3 is 2.50 bits per heavy atom. The highest BCUT2D eigenvalue weighted by Gasteiger charge is 2.07. The molecule has 5 nitrogen and oxygen atoms in total. The molecular formula is C26H38ClN2O3+. The number of unbranched alkanes of at least 4 members (excludes halogenated alkanes) is 7. The highest BCUT2D eigenvalue weighted by molar-refractivity contribution is 6.32. The van der Waals surface area contributed by atoms with E-state index in [9.17, 15) is 4.79 Å². The number of rotatable bonds is 16. The molecule has 32 heavy (non-hydrogen) atoms. The topological polar surface area (TPSA) is 51.4 Å². The molecule has 0 fully saturated rings. The fourth-order valence-electron chi connectivity index (χ4n) is 3.45. The number of hydrogen-bond acceptors (Lipinski definition) is 3. The van der Waals surface area contributed by atoms with Gasteiger partial charge in [-0.05, 0) is 31.0 Å². The first-order valence-corrected chi connectivity index (χ1v) is 12.2. The molecule has 176 valence electrons. The van der Waals surface area contributed by atoms with Crippen molar-refractivity contribution in [2.24, 2.45) is 7.05 Å². The molecule has 1 aromatic heterocycles. The lowest BCUT2D eigenvalue weighted by Crippen LogP contribution is -2.31. The van der Waals surface area contributed by atoms with Crippen molar-refractivity contribution in [2.45, 2.75) is 64.7 Å². The maximum Gasteiger partial charge on any atom is 0.257 e. The van der Waals surface area contributed by atoms with Gasteiger partial charge in [-0.2, -0.15) is 0 Å². The van der Waals surface area contributed by atoms with Gasteiger partial charge in [0.05, 0.1) is 11.6 Å². The Kier molecular flexibility index (Phi) is 12.6. The summed E-state index contributed by atoms with van der Waals surface area (Å²) in [7, 11) is 1.98. The third kappa shape index (κ3) is 10.9. The molecule has 0 aliphatic carbocycles. The maximum absolute atomic E-state index is 12.0. The first kappa shape index (κ1) is 26.0. The van der Waals surface area contributed by atoms with Crippen LogP contribution in [0.1, 0.15) is 63.9 Å². The molecule has 0 unspecified atom stereocenters. The lowest BCUT2D eigenvalue weighted by molar-refractivity contribution is -0.671. The summed E-state index contributed by atoms with van der Waals surface area (Å²) in [6.07, 6.45) is 14.9. The molecule has 0 saturated carbocycles. The van der Waals surface area contributed by atoms with Gasteiger partial charge in [-0.15, -0.1) is 0 Å². The first-order valence-electron chi connectivity index (χ1n) is 11.8. The van der Waals surface area contributed by atoms with Crippen LogP contribution in [0, 0.1) is 0 Å². The molecular weight excluding hydrogens is 424 g/mol. The van der Waals surface area contributed by atoms with Crippen molar-refractivity contribution in [2.75, 3.05) is 19.8 Å². The number of nitrogens with one attached hydrogen (secondary N) is 1. The molecule has 6 heteroatoms. The van der Waals surface area contributed by atoms with Crippen molar-refractivity contribution in [3.8, 4) is 11.5 Å². The van der Waals surface area contributed by atoms with Gasteiger partial charge in [-0.3, -0.25) is 4.79 Å². The SMILES string of the molecule is CCCCCCCCCCOc1ccc(OCC(=O)NCCc2ccc[n+](C)c2)cc1Cl. The lowest BCUT2D eigenvalue weighted by Gasteiger charge is -2.11. The second-order valence-electron chi connectivity index (χ2n) is 8.18. The average Bonchev–Trinajstić information content (AvgIpc) is 2.78. The smallest absolute Gasteiger partial charge is 0.257 e. The van der Waals surface area contributed by atoms with Crippen molar-refractivity contribution in [3.05, 3.63) is 53.3 Å². The highest BCUT2D eigenvalue weighted by atomic mass is 35.5. The monoisotopic (exact) mass is 461 g/mol. The molecule has 0 atom stereocenters. The number of nitrogens with zero attached hydrogens (tertiary/aromatic N) is 1. The zero-order valence-electron chi connectivity index (χ0n) is 19.6. The van der Waals surface area contributed by atoms with E-state index < -0.39 is 0 Å². The molecule has 0 aliphatic heterocycles. The van der Waals surface area contributed by atoms with E-state index in [1.807, 2.05) is 36.1 Å². The number of carbonyl (C=O) groups excluding carboxylic acids is 1. The van der Waals surface area contributed by atoms with Gasteiger partial charge in [0.15, 0.2) is 19.0 Å². The summed E-state index contributed by atoms with van der Waals surface area (Å²) in [5.41, 5.74) is 1.17. The van der Waals surface area contributed by atoms with E-state index in [4.69, 9.17) is 21.1 Å². The molecule has 2 aromatic rings. The van der Waals surface area contributed by atoms with Crippen molar-refractivity contribution in [1.29, 1.82) is 0 Å². The standard InChI is InChI=1S/C26H37ClN2O3/c1-3-4-5-6-7-8-9-10-18-31-25-14-13-23(19-24(25)27)32-21-26(30)28-16-15-22-12-11-17-29(2)20-22/h11-14,17,19-20H,3-10,15-16,18,21H2,1-2H3/p+1. The van der Waals surface area contributed by atoms with Gasteiger partial charge in [-0.1, -0.05) is 63.5 Å². The second kappa shape index (κ2) is 15.5. The van der Waals surface area contributed by atoms with Crippen LogP contribution in [0.5, 0.6) is 11.5 Å². The van der Waals surface area contributed by atoms with Gasteiger partial charge in [0.2, 0.25) is 0 Å². The minimum Gasteiger partial charge on any atom is -0.492 e. The zero-order valence-corrected chi connectivity index (χ0v) is 20.3. The molecule has 2 rings (SSSR count). The van der Waals surface area contributed by atoms with Gasteiger partial charge in [-0.25, -0.2) is 4.57 Å². The summed E-state index contributed by atoms with van der Waals surface area (Å²) in [5, 5.41) is 3.37. The van der Waals surface area contributed by atoms with E-state index in [0.717, 1.165) is 12.8 Å². The number of aromatic nitrogens is 1. The molecule has 0 radical (unpaired) electrons. The average molecular weight is 462 g/mol. The van der Waals surface area contributed by atoms with Crippen LogP contribution in [0.2, 0.25) is 5.02 Å². The summed E-state index contributed by atoms with van der Waals surface area (Å²) < 4.78 is 13.4. The Morgan fingerprint density at radius 1 is 1.03 bits per heavy atom. The van der Waals surface area contributed by atoms with Crippen LogP contribution < -0.4 is 19.4 Å². The second-order valence-corrected chi connectivity index (χ2v) is 8.59. The summed E-state index contributed by atoms with van der Waals surface area (Å²) in [6.45, 7) is 3.43. The third-order valence-electron chi connectivity index (χ3n) is 5.27. The highest BCUT2D eigenvalue weighted by Crippen LogP contribution is 2.29. The van der Waals surface area contributed by atoms with Gasteiger partial charge in [0.25, 0.3) is 5.91 Å². The molecule has 1 aromatic carbocycles. The first-order chi connectivity index (χ1) is 15.6. The molecule has 0 saturated heterocycles. The minimum absolute atomic E-state index is 0.0443. The number of pyridine rings is 1.